The van der Waals surface area contributed by atoms with E-state index in [4.69, 9.17) is 4.99 Å². The number of hydrogen-bond donors (Lipinski definition) is 1. The molecule has 186 valence electrons. The number of nitriles is 1. The van der Waals surface area contributed by atoms with Crippen LogP contribution in [0.5, 0.6) is 0 Å². The monoisotopic (exact) mass is 525 g/mol. The van der Waals surface area contributed by atoms with E-state index in [1.807, 2.05) is 50.4 Å². The number of nitrogens with one attached hydrogen (secondary N) is 1. The van der Waals surface area contributed by atoms with Crippen LogP contribution < -0.4 is 10.2 Å². The first-order valence-electron chi connectivity index (χ1n) is 12.1. The van der Waals surface area contributed by atoms with Crippen LogP contribution in [0.15, 0.2) is 80.5 Å². The van der Waals surface area contributed by atoms with Gasteiger partial charge in [0.25, 0.3) is 5.91 Å². The van der Waals surface area contributed by atoms with Gasteiger partial charge in [0.2, 0.25) is 0 Å². The molecular formula is C29H27N5OS2. The van der Waals surface area contributed by atoms with Crippen LogP contribution in [-0.4, -0.2) is 29.6 Å². The standard InChI is InChI=1S/C29H27N5OS2/c1-5-31-22-12-11-21(16-30)15-23(22)32-29-34(17-20-9-7-6-8-10-20)27(35)26(37-29)28-33(4)24-13-18(2)19(3)14-25(24)36-28/h6-15,31H,5,17H2,1-4H3/b28-26-,32-29+. The second-order valence-electron chi connectivity index (χ2n) is 8.95. The predicted molar refractivity (Wildman–Crippen MR) is 154 cm³/mol. The molecule has 0 aromatic heterocycles. The number of hydrogen-bond acceptors (Lipinski definition) is 7. The molecule has 2 aliphatic heterocycles. The maximum absolute atomic E-state index is 13.9. The maximum atomic E-state index is 13.9. The van der Waals surface area contributed by atoms with Gasteiger partial charge in [-0.15, -0.1) is 0 Å². The molecule has 0 bridgehead atoms. The second kappa shape index (κ2) is 10.4. The van der Waals surface area contributed by atoms with Crippen LogP contribution in [0.1, 0.15) is 29.2 Å². The van der Waals surface area contributed by atoms with Crippen LogP contribution in [0.3, 0.4) is 0 Å². The van der Waals surface area contributed by atoms with E-state index in [1.54, 1.807) is 28.8 Å². The van der Waals surface area contributed by atoms with Crippen molar-refractivity contribution in [1.29, 1.82) is 5.26 Å². The smallest absolute Gasteiger partial charge is 0.269 e. The van der Waals surface area contributed by atoms with Crippen molar-refractivity contribution in [3.05, 3.63) is 92.9 Å². The maximum Gasteiger partial charge on any atom is 0.269 e. The zero-order chi connectivity index (χ0) is 26.1. The van der Waals surface area contributed by atoms with E-state index < -0.39 is 0 Å². The van der Waals surface area contributed by atoms with E-state index in [-0.39, 0.29) is 5.91 Å². The van der Waals surface area contributed by atoms with Crippen molar-refractivity contribution in [2.45, 2.75) is 32.2 Å². The van der Waals surface area contributed by atoms with Gasteiger partial charge < -0.3 is 10.2 Å². The van der Waals surface area contributed by atoms with Gasteiger partial charge >= 0.3 is 0 Å². The molecule has 2 aliphatic rings. The number of nitrogens with zero attached hydrogens (tertiary/aromatic N) is 4. The number of amidine groups is 1. The van der Waals surface area contributed by atoms with Gasteiger partial charge in [0.05, 0.1) is 40.3 Å². The summed E-state index contributed by atoms with van der Waals surface area (Å²) < 4.78 is 0. The molecule has 37 heavy (non-hydrogen) atoms. The van der Waals surface area contributed by atoms with Gasteiger partial charge in [-0.2, -0.15) is 5.26 Å². The molecule has 1 saturated heterocycles. The Morgan fingerprint density at radius 1 is 1.03 bits per heavy atom. The molecule has 0 radical (unpaired) electrons. The normalized spacial score (nSPS) is 17.9. The van der Waals surface area contributed by atoms with Gasteiger partial charge in [-0.05, 0) is 79.6 Å². The van der Waals surface area contributed by atoms with E-state index in [0.29, 0.717) is 27.9 Å². The first-order valence-corrected chi connectivity index (χ1v) is 13.7. The number of thioether (sulfide) groups is 2. The van der Waals surface area contributed by atoms with Crippen LogP contribution in [0.2, 0.25) is 0 Å². The Hall–Kier alpha value is -3.67. The number of rotatable bonds is 5. The van der Waals surface area contributed by atoms with E-state index >= 15 is 0 Å². The van der Waals surface area contributed by atoms with Gasteiger partial charge in [0.15, 0.2) is 5.17 Å². The number of amides is 1. The molecule has 3 aromatic rings. The lowest BCUT2D eigenvalue weighted by atomic mass is 10.1. The average molecular weight is 526 g/mol. The van der Waals surface area contributed by atoms with Crippen molar-refractivity contribution in [2.75, 3.05) is 23.8 Å². The molecule has 8 heteroatoms. The Morgan fingerprint density at radius 2 is 1.78 bits per heavy atom. The molecule has 0 aliphatic carbocycles. The molecule has 0 atom stereocenters. The third-order valence-corrected chi connectivity index (χ3v) is 8.81. The topological polar surface area (TPSA) is 71.7 Å². The lowest BCUT2D eigenvalue weighted by molar-refractivity contribution is -0.122. The summed E-state index contributed by atoms with van der Waals surface area (Å²) in [6.07, 6.45) is 0. The number of aliphatic imine (C=N–C) groups is 1. The Morgan fingerprint density at radius 3 is 2.51 bits per heavy atom. The molecule has 1 amide bonds. The summed E-state index contributed by atoms with van der Waals surface area (Å²) in [4.78, 5) is 24.5. The molecule has 1 N–H and O–H groups in total. The summed E-state index contributed by atoms with van der Waals surface area (Å²) in [5.74, 6) is -0.0651. The molecule has 0 saturated carbocycles. The number of aryl methyl sites for hydroxylation is 2. The Balaban J connectivity index is 1.60. The number of carbonyl (C=O) groups excluding carboxylic acids is 1. The van der Waals surface area contributed by atoms with Crippen LogP contribution in [0.25, 0.3) is 0 Å². The minimum atomic E-state index is -0.0651. The SMILES string of the molecule is CCNc1ccc(C#N)cc1/N=C1/S/C(=C2\Sc3cc(C)c(C)cc3N2C)C(=O)N1Cc1ccccc1. The lowest BCUT2D eigenvalue weighted by Gasteiger charge is -2.17. The molecule has 3 aromatic carbocycles. The Bertz CT molecular complexity index is 1490. The molecule has 2 heterocycles. The first kappa shape index (κ1) is 25.0. The molecule has 0 spiro atoms. The molecule has 6 nitrogen and oxygen atoms in total. The fourth-order valence-electron chi connectivity index (χ4n) is 4.26. The third-order valence-electron chi connectivity index (χ3n) is 6.40. The van der Waals surface area contributed by atoms with Crippen molar-refractivity contribution in [2.24, 2.45) is 4.99 Å². The van der Waals surface area contributed by atoms with Gasteiger partial charge in [0.1, 0.15) is 4.91 Å². The average Bonchev–Trinajstić information content (AvgIpc) is 3.37. The largest absolute Gasteiger partial charge is 0.384 e. The van der Waals surface area contributed by atoms with E-state index in [9.17, 15) is 10.1 Å². The first-order chi connectivity index (χ1) is 17.9. The van der Waals surface area contributed by atoms with Crippen LogP contribution in [0.4, 0.5) is 17.1 Å². The fourth-order valence-corrected chi connectivity index (χ4v) is 6.67. The number of anilines is 2. The van der Waals surface area contributed by atoms with Crippen molar-refractivity contribution >= 4 is 51.7 Å². The van der Waals surface area contributed by atoms with Crippen molar-refractivity contribution in [1.82, 2.24) is 4.90 Å². The van der Waals surface area contributed by atoms with Gasteiger partial charge in [-0.1, -0.05) is 42.1 Å². The minimum Gasteiger partial charge on any atom is -0.384 e. The Kier molecular flexibility index (Phi) is 7.00. The summed E-state index contributed by atoms with van der Waals surface area (Å²) in [5.41, 5.74) is 6.59. The van der Waals surface area contributed by atoms with Crippen LogP contribution >= 0.6 is 23.5 Å². The zero-order valence-corrected chi connectivity index (χ0v) is 22.8. The predicted octanol–water partition coefficient (Wildman–Crippen LogP) is 6.78. The summed E-state index contributed by atoms with van der Waals surface area (Å²) in [6.45, 7) is 7.37. The van der Waals surface area contributed by atoms with E-state index in [1.165, 1.54) is 22.9 Å². The number of carbonyl (C=O) groups is 1. The molecular weight excluding hydrogens is 498 g/mol. The Labute approximate surface area is 226 Å². The molecule has 1 fully saturated rings. The third kappa shape index (κ3) is 4.85. The molecule has 5 rings (SSSR count). The minimum absolute atomic E-state index is 0.0651. The summed E-state index contributed by atoms with van der Waals surface area (Å²) in [5, 5.41) is 14.3. The van der Waals surface area contributed by atoms with E-state index in [0.717, 1.165) is 33.4 Å². The summed E-state index contributed by atoms with van der Waals surface area (Å²) in [6, 6.07) is 21.9. The van der Waals surface area contributed by atoms with Crippen molar-refractivity contribution in [3.8, 4) is 6.07 Å². The highest BCUT2D eigenvalue weighted by molar-refractivity contribution is 8.19. The highest BCUT2D eigenvalue weighted by atomic mass is 32.2. The van der Waals surface area contributed by atoms with Crippen molar-refractivity contribution < 1.29 is 4.79 Å². The molecule has 0 unspecified atom stereocenters. The number of fused-ring (bicyclic) bond motifs is 1. The zero-order valence-electron chi connectivity index (χ0n) is 21.2. The van der Waals surface area contributed by atoms with Crippen molar-refractivity contribution in [3.63, 3.8) is 0 Å². The number of benzene rings is 3. The van der Waals surface area contributed by atoms with Gasteiger partial charge in [-0.25, -0.2) is 4.99 Å². The highest BCUT2D eigenvalue weighted by Crippen LogP contribution is 2.51. The second-order valence-corrected chi connectivity index (χ2v) is 11.0. The highest BCUT2D eigenvalue weighted by Gasteiger charge is 2.39. The summed E-state index contributed by atoms with van der Waals surface area (Å²) in [7, 11) is 2.01. The summed E-state index contributed by atoms with van der Waals surface area (Å²) >= 11 is 3.02. The van der Waals surface area contributed by atoms with E-state index in [2.05, 4.69) is 42.3 Å². The van der Waals surface area contributed by atoms with Gasteiger partial charge in [0, 0.05) is 18.5 Å². The fraction of sp³-hybridized carbons (Fsp3) is 0.207. The van der Waals surface area contributed by atoms with Crippen LogP contribution in [-0.2, 0) is 11.3 Å². The van der Waals surface area contributed by atoms with Crippen LogP contribution in [0, 0.1) is 25.2 Å². The van der Waals surface area contributed by atoms with Gasteiger partial charge in [-0.3, -0.25) is 9.69 Å². The lowest BCUT2D eigenvalue weighted by Crippen LogP contribution is -2.29. The quantitative estimate of drug-likeness (QED) is 0.370.